The number of para-hydroxylation sites is 2. The van der Waals surface area contributed by atoms with Crippen LogP contribution in [0, 0.1) is 0 Å². The van der Waals surface area contributed by atoms with Crippen LogP contribution in [-0.2, 0) is 26.1 Å². The topological polar surface area (TPSA) is 50.4 Å². The largest absolute Gasteiger partial charge is 0.390 e. The number of aliphatic hydroxyl groups excluding tert-OH is 1. The number of imidazole rings is 1. The van der Waals surface area contributed by atoms with Crippen molar-refractivity contribution in [3.05, 3.63) is 70.1 Å². The lowest BCUT2D eigenvalue weighted by Gasteiger charge is -2.30. The fourth-order valence-electron chi connectivity index (χ4n) is 4.03. The van der Waals surface area contributed by atoms with Gasteiger partial charge in [-0.25, -0.2) is 4.79 Å². The van der Waals surface area contributed by atoms with Gasteiger partial charge in [0.05, 0.1) is 23.7 Å². The van der Waals surface area contributed by atoms with E-state index in [0.29, 0.717) is 19.6 Å². The van der Waals surface area contributed by atoms with Gasteiger partial charge < -0.3 is 5.11 Å². The Morgan fingerprint density at radius 3 is 2.35 bits per heavy atom. The Labute approximate surface area is 153 Å². The molecule has 0 radical (unpaired) electrons. The molecule has 2 aromatic carbocycles. The minimum absolute atomic E-state index is 0.0447. The summed E-state index contributed by atoms with van der Waals surface area (Å²) in [5.74, 6) is 0. The Bertz CT molecular complexity index is 973. The van der Waals surface area contributed by atoms with Gasteiger partial charge >= 0.3 is 5.69 Å². The molecular formula is C21H25N3O2. The monoisotopic (exact) mass is 351 g/mol. The third-order valence-electron chi connectivity index (χ3n) is 5.31. The quantitative estimate of drug-likeness (QED) is 0.767. The van der Waals surface area contributed by atoms with Crippen LogP contribution < -0.4 is 5.69 Å². The van der Waals surface area contributed by atoms with E-state index in [1.807, 2.05) is 31.2 Å². The van der Waals surface area contributed by atoms with Crippen molar-refractivity contribution in [3.63, 3.8) is 0 Å². The third-order valence-corrected chi connectivity index (χ3v) is 5.31. The zero-order valence-electron chi connectivity index (χ0n) is 15.1. The molecule has 5 nitrogen and oxygen atoms in total. The molecule has 0 saturated carbocycles. The minimum atomic E-state index is -0.575. The van der Waals surface area contributed by atoms with Crippen LogP contribution in [0.4, 0.5) is 0 Å². The summed E-state index contributed by atoms with van der Waals surface area (Å²) >= 11 is 0. The summed E-state index contributed by atoms with van der Waals surface area (Å²) in [7, 11) is 0. The van der Waals surface area contributed by atoms with Crippen molar-refractivity contribution in [2.45, 2.75) is 39.1 Å². The van der Waals surface area contributed by atoms with Crippen LogP contribution in [-0.4, -0.2) is 38.3 Å². The van der Waals surface area contributed by atoms with E-state index in [0.717, 1.165) is 30.5 Å². The average molecular weight is 351 g/mol. The molecule has 136 valence electrons. The third kappa shape index (κ3) is 3.08. The molecule has 5 heteroatoms. The lowest BCUT2D eigenvalue weighted by molar-refractivity contribution is 0.0917. The highest BCUT2D eigenvalue weighted by Gasteiger charge is 2.20. The van der Waals surface area contributed by atoms with E-state index in [2.05, 4.69) is 29.2 Å². The van der Waals surface area contributed by atoms with E-state index in [1.54, 1.807) is 9.13 Å². The highest BCUT2D eigenvalue weighted by molar-refractivity contribution is 5.75. The smallest absolute Gasteiger partial charge is 0.329 e. The molecule has 1 aromatic heterocycles. The molecule has 0 spiro atoms. The number of rotatable bonds is 5. The molecular weight excluding hydrogens is 326 g/mol. The van der Waals surface area contributed by atoms with E-state index >= 15 is 0 Å². The molecule has 4 rings (SSSR count). The van der Waals surface area contributed by atoms with Gasteiger partial charge in [0.25, 0.3) is 0 Å². The standard InChI is InChI=1S/C21H25N3O2/c1-2-23-19-9-5-6-10-20(19)24(21(23)26)15-18(25)14-22-12-11-16-7-3-4-8-17(16)13-22/h3-10,18,25H,2,11-15H2,1H3. The number of aliphatic hydroxyl groups is 1. The van der Waals surface area contributed by atoms with Gasteiger partial charge in [-0.1, -0.05) is 36.4 Å². The van der Waals surface area contributed by atoms with Crippen LogP contribution >= 0.6 is 0 Å². The molecule has 1 N–H and O–H groups in total. The lowest BCUT2D eigenvalue weighted by atomic mass is 10.00. The van der Waals surface area contributed by atoms with Crippen LogP contribution in [0.5, 0.6) is 0 Å². The van der Waals surface area contributed by atoms with Gasteiger partial charge in [-0.2, -0.15) is 0 Å². The molecule has 0 saturated heterocycles. The van der Waals surface area contributed by atoms with Gasteiger partial charge in [0.2, 0.25) is 0 Å². The first kappa shape index (κ1) is 17.1. The van der Waals surface area contributed by atoms with Gasteiger partial charge in [-0.05, 0) is 36.6 Å². The van der Waals surface area contributed by atoms with Crippen LogP contribution in [0.2, 0.25) is 0 Å². The molecule has 26 heavy (non-hydrogen) atoms. The van der Waals surface area contributed by atoms with Gasteiger partial charge in [-0.3, -0.25) is 14.0 Å². The van der Waals surface area contributed by atoms with Crippen LogP contribution in [0.1, 0.15) is 18.1 Å². The molecule has 2 heterocycles. The second-order valence-corrected chi connectivity index (χ2v) is 7.03. The van der Waals surface area contributed by atoms with E-state index in [9.17, 15) is 9.90 Å². The number of nitrogens with zero attached hydrogens (tertiary/aromatic N) is 3. The fraction of sp³-hybridized carbons (Fsp3) is 0.381. The fourth-order valence-corrected chi connectivity index (χ4v) is 4.03. The van der Waals surface area contributed by atoms with Gasteiger partial charge in [0.1, 0.15) is 0 Å². The first-order valence-electron chi connectivity index (χ1n) is 9.32. The maximum absolute atomic E-state index is 12.7. The Balaban J connectivity index is 1.51. The van der Waals surface area contributed by atoms with Gasteiger partial charge in [0.15, 0.2) is 0 Å². The van der Waals surface area contributed by atoms with E-state index < -0.39 is 6.10 Å². The summed E-state index contributed by atoms with van der Waals surface area (Å²) in [5.41, 5.74) is 4.52. The highest BCUT2D eigenvalue weighted by Crippen LogP contribution is 2.19. The Kier molecular flexibility index (Phi) is 4.66. The molecule has 1 aliphatic heterocycles. The molecule has 1 atom stereocenters. The van der Waals surface area contributed by atoms with Crippen LogP contribution in [0.15, 0.2) is 53.3 Å². The van der Waals surface area contributed by atoms with Gasteiger partial charge in [-0.15, -0.1) is 0 Å². The Hall–Kier alpha value is -2.37. The van der Waals surface area contributed by atoms with E-state index in [4.69, 9.17) is 0 Å². The summed E-state index contributed by atoms with van der Waals surface area (Å²) in [4.78, 5) is 15.0. The number of fused-ring (bicyclic) bond motifs is 2. The first-order chi connectivity index (χ1) is 12.7. The number of β-amino-alcohol motifs (C(OH)–C–C–N with tert-alkyl or cyclic N) is 1. The average Bonchev–Trinajstić information content (AvgIpc) is 2.93. The number of aromatic nitrogens is 2. The van der Waals surface area contributed by atoms with Crippen molar-refractivity contribution in [2.24, 2.45) is 0 Å². The van der Waals surface area contributed by atoms with Crippen LogP contribution in [0.3, 0.4) is 0 Å². The number of aryl methyl sites for hydroxylation is 1. The van der Waals surface area contributed by atoms with Gasteiger partial charge in [0, 0.05) is 26.2 Å². The van der Waals surface area contributed by atoms with Crippen molar-refractivity contribution in [3.8, 4) is 0 Å². The van der Waals surface area contributed by atoms with Crippen LogP contribution in [0.25, 0.3) is 11.0 Å². The summed E-state index contributed by atoms with van der Waals surface area (Å²) in [6, 6.07) is 16.3. The zero-order chi connectivity index (χ0) is 18.1. The maximum atomic E-state index is 12.7. The number of benzene rings is 2. The summed E-state index contributed by atoms with van der Waals surface area (Å²) in [6.07, 6.45) is 0.437. The van der Waals surface area contributed by atoms with Crippen molar-refractivity contribution in [1.29, 1.82) is 0 Å². The van der Waals surface area contributed by atoms with E-state index in [-0.39, 0.29) is 5.69 Å². The zero-order valence-corrected chi connectivity index (χ0v) is 15.1. The molecule has 0 fully saturated rings. The van der Waals surface area contributed by atoms with Crippen molar-refractivity contribution in [1.82, 2.24) is 14.0 Å². The van der Waals surface area contributed by atoms with Crippen molar-refractivity contribution >= 4 is 11.0 Å². The molecule has 1 aliphatic rings. The maximum Gasteiger partial charge on any atom is 0.329 e. The molecule has 0 bridgehead atoms. The summed E-state index contributed by atoms with van der Waals surface area (Å²) < 4.78 is 3.47. The number of hydrogen-bond donors (Lipinski definition) is 1. The van der Waals surface area contributed by atoms with Crippen molar-refractivity contribution < 1.29 is 5.11 Å². The lowest BCUT2D eigenvalue weighted by Crippen LogP contribution is -2.39. The second kappa shape index (κ2) is 7.09. The summed E-state index contributed by atoms with van der Waals surface area (Å²) in [5, 5.41) is 10.7. The predicted molar refractivity (Wildman–Crippen MR) is 103 cm³/mol. The molecule has 0 amide bonds. The Morgan fingerprint density at radius 1 is 0.962 bits per heavy atom. The minimum Gasteiger partial charge on any atom is -0.390 e. The SMILES string of the molecule is CCn1c(=O)n(CC(O)CN2CCc3ccccc3C2)c2ccccc21. The predicted octanol–water partition coefficient (Wildman–Crippen LogP) is 2.24. The molecule has 0 aliphatic carbocycles. The normalized spacial score (nSPS) is 15.9. The summed E-state index contributed by atoms with van der Waals surface area (Å²) in [6.45, 7) is 5.31. The second-order valence-electron chi connectivity index (χ2n) is 7.03. The number of hydrogen-bond acceptors (Lipinski definition) is 3. The molecule has 3 aromatic rings. The van der Waals surface area contributed by atoms with E-state index in [1.165, 1.54) is 11.1 Å². The Morgan fingerprint density at radius 2 is 1.62 bits per heavy atom. The van der Waals surface area contributed by atoms with Crippen molar-refractivity contribution in [2.75, 3.05) is 13.1 Å². The molecule has 1 unspecified atom stereocenters. The highest BCUT2D eigenvalue weighted by atomic mass is 16.3. The first-order valence-corrected chi connectivity index (χ1v) is 9.32.